The Morgan fingerprint density at radius 1 is 1.03 bits per heavy atom. The van der Waals surface area contributed by atoms with Gasteiger partial charge in [-0.2, -0.15) is 5.10 Å². The van der Waals surface area contributed by atoms with Crippen molar-refractivity contribution in [1.82, 2.24) is 20.6 Å². The standard InChI is InChI=1S/C24H24N4O4S/c1-4-12-32-19-11-10-16(13-20(19)31-3)22(29)25-26-23(30)21-14-18-15(2)27-28(24(18)33-21)17-8-6-5-7-9-17/h5-11,13-14H,4,12H2,1-3H3,(H,25,29)(H,26,30). The molecule has 9 heteroatoms. The highest BCUT2D eigenvalue weighted by atomic mass is 32.1. The second-order valence-corrected chi connectivity index (χ2v) is 8.32. The van der Waals surface area contributed by atoms with Gasteiger partial charge in [-0.15, -0.1) is 11.3 Å². The Morgan fingerprint density at radius 3 is 2.52 bits per heavy atom. The van der Waals surface area contributed by atoms with Crippen molar-refractivity contribution in [2.24, 2.45) is 0 Å². The molecule has 0 bridgehead atoms. The molecule has 2 aromatic heterocycles. The lowest BCUT2D eigenvalue weighted by atomic mass is 10.2. The second-order valence-electron chi connectivity index (χ2n) is 7.28. The van der Waals surface area contributed by atoms with Gasteiger partial charge in [-0.25, -0.2) is 4.68 Å². The minimum absolute atomic E-state index is 0.336. The summed E-state index contributed by atoms with van der Waals surface area (Å²) in [4.78, 5) is 26.6. The number of rotatable bonds is 7. The molecule has 170 valence electrons. The highest BCUT2D eigenvalue weighted by Crippen LogP contribution is 2.30. The summed E-state index contributed by atoms with van der Waals surface area (Å²) in [7, 11) is 1.51. The molecular formula is C24H24N4O4S. The minimum atomic E-state index is -0.462. The average Bonchev–Trinajstić information content (AvgIpc) is 3.42. The van der Waals surface area contributed by atoms with Gasteiger partial charge < -0.3 is 9.47 Å². The summed E-state index contributed by atoms with van der Waals surface area (Å²) in [6.45, 7) is 4.46. The molecule has 2 amide bonds. The summed E-state index contributed by atoms with van der Waals surface area (Å²) >= 11 is 1.31. The molecule has 2 heterocycles. The molecule has 0 aliphatic heterocycles. The van der Waals surface area contributed by atoms with Gasteiger partial charge in [0.05, 0.1) is 30.0 Å². The molecule has 33 heavy (non-hydrogen) atoms. The fraction of sp³-hybridized carbons (Fsp3) is 0.208. The van der Waals surface area contributed by atoms with Crippen molar-refractivity contribution < 1.29 is 19.1 Å². The van der Waals surface area contributed by atoms with Gasteiger partial charge in [-0.05, 0) is 49.7 Å². The van der Waals surface area contributed by atoms with Crippen LogP contribution in [-0.4, -0.2) is 35.3 Å². The monoisotopic (exact) mass is 464 g/mol. The maximum absolute atomic E-state index is 12.7. The second kappa shape index (κ2) is 9.74. The van der Waals surface area contributed by atoms with E-state index in [1.807, 2.05) is 48.9 Å². The molecule has 4 rings (SSSR count). The van der Waals surface area contributed by atoms with Crippen LogP contribution in [0.25, 0.3) is 15.9 Å². The molecule has 0 aliphatic carbocycles. The van der Waals surface area contributed by atoms with Gasteiger partial charge in [0.15, 0.2) is 11.5 Å². The largest absolute Gasteiger partial charge is 0.493 e. The van der Waals surface area contributed by atoms with E-state index >= 15 is 0 Å². The number of nitrogens with zero attached hydrogens (tertiary/aromatic N) is 2. The number of carbonyl (C=O) groups excluding carboxylic acids is 2. The van der Waals surface area contributed by atoms with Crippen molar-refractivity contribution in [3.8, 4) is 17.2 Å². The normalized spacial score (nSPS) is 10.8. The predicted molar refractivity (Wildman–Crippen MR) is 127 cm³/mol. The fourth-order valence-corrected chi connectivity index (χ4v) is 4.37. The molecular weight excluding hydrogens is 440 g/mol. The maximum atomic E-state index is 12.7. The topological polar surface area (TPSA) is 94.5 Å². The molecule has 0 atom stereocenters. The SMILES string of the molecule is CCCOc1ccc(C(=O)NNC(=O)c2cc3c(C)nn(-c4ccccc4)c3s2)cc1OC. The Hall–Kier alpha value is -3.85. The number of ether oxygens (including phenoxy) is 2. The van der Waals surface area contributed by atoms with Crippen LogP contribution in [0, 0.1) is 6.92 Å². The van der Waals surface area contributed by atoms with E-state index in [0.29, 0.717) is 28.5 Å². The van der Waals surface area contributed by atoms with E-state index in [2.05, 4.69) is 16.0 Å². The summed E-state index contributed by atoms with van der Waals surface area (Å²) in [6.07, 6.45) is 0.859. The number of aryl methyl sites for hydroxylation is 1. The van der Waals surface area contributed by atoms with Crippen molar-refractivity contribution in [2.45, 2.75) is 20.3 Å². The Bertz CT molecular complexity index is 1300. The van der Waals surface area contributed by atoms with Gasteiger partial charge in [0.25, 0.3) is 11.8 Å². The molecule has 0 saturated carbocycles. The van der Waals surface area contributed by atoms with Crippen LogP contribution in [-0.2, 0) is 0 Å². The number of amides is 2. The van der Waals surface area contributed by atoms with Gasteiger partial charge in [-0.1, -0.05) is 25.1 Å². The molecule has 0 radical (unpaired) electrons. The quantitative estimate of drug-likeness (QED) is 0.399. The number of benzene rings is 2. The van der Waals surface area contributed by atoms with Gasteiger partial charge in [0.1, 0.15) is 4.83 Å². The van der Waals surface area contributed by atoms with Crippen molar-refractivity contribution >= 4 is 33.4 Å². The Morgan fingerprint density at radius 2 is 1.79 bits per heavy atom. The van der Waals surface area contributed by atoms with Crippen molar-refractivity contribution in [2.75, 3.05) is 13.7 Å². The van der Waals surface area contributed by atoms with E-state index in [0.717, 1.165) is 28.0 Å². The first kappa shape index (κ1) is 22.3. The van der Waals surface area contributed by atoms with Crippen LogP contribution in [0.3, 0.4) is 0 Å². The van der Waals surface area contributed by atoms with Crippen LogP contribution in [0.15, 0.2) is 54.6 Å². The molecule has 0 spiro atoms. The van der Waals surface area contributed by atoms with Gasteiger partial charge in [0, 0.05) is 10.9 Å². The van der Waals surface area contributed by atoms with Crippen LogP contribution < -0.4 is 20.3 Å². The number of hydrazine groups is 1. The number of carbonyl (C=O) groups is 2. The van der Waals surface area contributed by atoms with E-state index in [1.54, 1.807) is 24.3 Å². The Labute approximate surface area is 195 Å². The molecule has 2 N–H and O–H groups in total. The lowest BCUT2D eigenvalue weighted by Gasteiger charge is -2.12. The third-order valence-corrected chi connectivity index (χ3v) is 6.06. The Balaban J connectivity index is 1.47. The molecule has 4 aromatic rings. The molecule has 0 fully saturated rings. The first-order valence-electron chi connectivity index (χ1n) is 10.5. The van der Waals surface area contributed by atoms with E-state index < -0.39 is 11.8 Å². The predicted octanol–water partition coefficient (Wildman–Crippen LogP) is 4.27. The third-order valence-electron chi connectivity index (χ3n) is 4.95. The highest BCUT2D eigenvalue weighted by Gasteiger charge is 2.18. The van der Waals surface area contributed by atoms with E-state index in [4.69, 9.17) is 9.47 Å². The first-order chi connectivity index (χ1) is 16.0. The summed E-state index contributed by atoms with van der Waals surface area (Å²) in [6, 6.07) is 16.4. The summed E-state index contributed by atoms with van der Waals surface area (Å²) in [5.74, 6) is 0.149. The zero-order chi connectivity index (χ0) is 23.4. The zero-order valence-electron chi connectivity index (χ0n) is 18.5. The Kier molecular flexibility index (Phi) is 6.60. The smallest absolute Gasteiger partial charge is 0.279 e. The number of aromatic nitrogens is 2. The van der Waals surface area contributed by atoms with Crippen molar-refractivity contribution in [3.63, 3.8) is 0 Å². The first-order valence-corrected chi connectivity index (χ1v) is 11.3. The maximum Gasteiger partial charge on any atom is 0.279 e. The number of methoxy groups -OCH3 is 1. The number of para-hydroxylation sites is 1. The lowest BCUT2D eigenvalue weighted by molar-refractivity contribution is 0.0848. The molecule has 2 aromatic carbocycles. The number of nitrogens with one attached hydrogen (secondary N) is 2. The molecule has 8 nitrogen and oxygen atoms in total. The van der Waals surface area contributed by atoms with E-state index in [-0.39, 0.29) is 0 Å². The van der Waals surface area contributed by atoms with Gasteiger partial charge in [-0.3, -0.25) is 20.4 Å². The molecule has 0 saturated heterocycles. The van der Waals surface area contributed by atoms with Crippen LogP contribution in [0.4, 0.5) is 0 Å². The van der Waals surface area contributed by atoms with E-state index in [9.17, 15) is 9.59 Å². The van der Waals surface area contributed by atoms with E-state index in [1.165, 1.54) is 18.4 Å². The zero-order valence-corrected chi connectivity index (χ0v) is 19.4. The van der Waals surface area contributed by atoms with Gasteiger partial charge in [0.2, 0.25) is 0 Å². The lowest BCUT2D eigenvalue weighted by Crippen LogP contribution is -2.41. The van der Waals surface area contributed by atoms with Gasteiger partial charge >= 0.3 is 0 Å². The van der Waals surface area contributed by atoms with Crippen molar-refractivity contribution in [3.05, 3.63) is 70.7 Å². The minimum Gasteiger partial charge on any atom is -0.493 e. The summed E-state index contributed by atoms with van der Waals surface area (Å²) in [5.41, 5.74) is 7.02. The van der Waals surface area contributed by atoms with Crippen LogP contribution in [0.2, 0.25) is 0 Å². The summed E-state index contributed by atoms with van der Waals surface area (Å²) in [5, 5.41) is 5.48. The number of hydrogen-bond donors (Lipinski definition) is 2. The number of thiophene rings is 1. The average molecular weight is 465 g/mol. The molecule has 0 aliphatic rings. The third kappa shape index (κ3) is 4.68. The summed E-state index contributed by atoms with van der Waals surface area (Å²) < 4.78 is 12.7. The van der Waals surface area contributed by atoms with Crippen molar-refractivity contribution in [1.29, 1.82) is 0 Å². The van der Waals surface area contributed by atoms with Crippen LogP contribution in [0.5, 0.6) is 11.5 Å². The van der Waals surface area contributed by atoms with Crippen LogP contribution >= 0.6 is 11.3 Å². The molecule has 0 unspecified atom stereocenters. The van der Waals surface area contributed by atoms with Crippen LogP contribution in [0.1, 0.15) is 39.1 Å². The fourth-order valence-electron chi connectivity index (χ4n) is 3.29. The number of hydrogen-bond acceptors (Lipinski definition) is 6. The number of fused-ring (bicyclic) bond motifs is 1. The highest BCUT2D eigenvalue weighted by molar-refractivity contribution is 7.20.